The molecule has 0 unspecified atom stereocenters. The molecule has 1 N–H and O–H groups in total. The highest BCUT2D eigenvalue weighted by atomic mass is 16.6. The van der Waals surface area contributed by atoms with Crippen LogP contribution in [0.15, 0.2) is 18.2 Å². The Morgan fingerprint density at radius 2 is 2.11 bits per heavy atom. The molecule has 1 aromatic carbocycles. The maximum Gasteiger partial charge on any atom is 0.282 e. The first-order valence-electron chi connectivity index (χ1n) is 5.77. The van der Waals surface area contributed by atoms with Crippen LogP contribution in [-0.2, 0) is 0 Å². The van der Waals surface area contributed by atoms with Crippen LogP contribution in [0.1, 0.15) is 30.6 Å². The molecule has 6 heteroatoms. The van der Waals surface area contributed by atoms with Crippen LogP contribution in [0, 0.1) is 10.1 Å². The Morgan fingerprint density at radius 1 is 1.44 bits per heavy atom. The molecule has 0 bridgehead atoms. The summed E-state index contributed by atoms with van der Waals surface area (Å²) in [6, 6.07) is 3.48. The molecule has 0 aliphatic heterocycles. The van der Waals surface area contributed by atoms with Crippen molar-refractivity contribution in [3.8, 4) is 5.75 Å². The smallest absolute Gasteiger partial charge is 0.282 e. The van der Waals surface area contributed by atoms with E-state index in [0.29, 0.717) is 13.1 Å². The molecule has 0 aromatic heterocycles. The number of aromatic hydroxyl groups is 1. The van der Waals surface area contributed by atoms with Gasteiger partial charge in [-0.1, -0.05) is 6.92 Å². The molecule has 1 rings (SSSR count). The molecule has 0 radical (unpaired) electrons. The quantitative estimate of drug-likeness (QED) is 0.643. The zero-order valence-corrected chi connectivity index (χ0v) is 10.4. The van der Waals surface area contributed by atoms with E-state index in [1.807, 2.05) is 13.8 Å². The highest BCUT2D eigenvalue weighted by Crippen LogP contribution is 2.24. The summed E-state index contributed by atoms with van der Waals surface area (Å²) in [6.45, 7) is 4.73. The number of hydrogen-bond donors (Lipinski definition) is 1. The number of phenols is 1. The van der Waals surface area contributed by atoms with Gasteiger partial charge in [-0.2, -0.15) is 0 Å². The molecule has 0 saturated heterocycles. The molecule has 0 aliphatic carbocycles. The van der Waals surface area contributed by atoms with Crippen molar-refractivity contribution in [2.45, 2.75) is 20.3 Å². The van der Waals surface area contributed by atoms with E-state index in [-0.39, 0.29) is 17.0 Å². The summed E-state index contributed by atoms with van der Waals surface area (Å²) in [4.78, 5) is 23.9. The van der Waals surface area contributed by atoms with Gasteiger partial charge in [0.2, 0.25) is 0 Å². The summed E-state index contributed by atoms with van der Waals surface area (Å²) < 4.78 is 0. The number of nitrogens with zero attached hydrogens (tertiary/aromatic N) is 2. The predicted octanol–water partition coefficient (Wildman–Crippen LogP) is 2.17. The Bertz CT molecular complexity index is 459. The van der Waals surface area contributed by atoms with Gasteiger partial charge in [0.25, 0.3) is 11.6 Å². The van der Waals surface area contributed by atoms with E-state index >= 15 is 0 Å². The van der Waals surface area contributed by atoms with Gasteiger partial charge < -0.3 is 10.0 Å². The predicted molar refractivity (Wildman–Crippen MR) is 66.6 cm³/mol. The number of rotatable bonds is 5. The lowest BCUT2D eigenvalue weighted by molar-refractivity contribution is -0.385. The number of benzene rings is 1. The Balaban J connectivity index is 3.17. The molecule has 0 aliphatic rings. The average Bonchev–Trinajstić information content (AvgIpc) is 2.34. The molecule has 0 fully saturated rings. The van der Waals surface area contributed by atoms with Crippen LogP contribution in [0.3, 0.4) is 0 Å². The van der Waals surface area contributed by atoms with Crippen molar-refractivity contribution >= 4 is 11.6 Å². The standard InChI is InChI=1S/C12H16N2O4/c1-3-7-13(4-2)12(16)10-8-9(15)5-6-11(10)14(17)18/h5-6,8,15H,3-4,7H2,1-2H3. The largest absolute Gasteiger partial charge is 0.508 e. The van der Waals surface area contributed by atoms with Gasteiger partial charge in [-0.05, 0) is 25.5 Å². The summed E-state index contributed by atoms with van der Waals surface area (Å²) in [5, 5.41) is 20.2. The maximum absolute atomic E-state index is 12.2. The minimum atomic E-state index is -0.619. The number of hydrogen-bond acceptors (Lipinski definition) is 4. The third-order valence-electron chi connectivity index (χ3n) is 2.57. The number of amides is 1. The second kappa shape index (κ2) is 6.00. The third-order valence-corrected chi connectivity index (χ3v) is 2.57. The number of nitro benzene ring substituents is 1. The molecule has 1 amide bonds. The number of carbonyl (C=O) groups is 1. The van der Waals surface area contributed by atoms with E-state index in [0.717, 1.165) is 18.6 Å². The molecule has 0 heterocycles. The Kier molecular flexibility index (Phi) is 4.65. The van der Waals surface area contributed by atoms with Crippen LogP contribution in [-0.4, -0.2) is 33.9 Å². The van der Waals surface area contributed by atoms with Gasteiger partial charge in [0.05, 0.1) is 4.92 Å². The maximum atomic E-state index is 12.2. The lowest BCUT2D eigenvalue weighted by atomic mass is 10.1. The zero-order chi connectivity index (χ0) is 13.7. The molecule has 6 nitrogen and oxygen atoms in total. The molecular weight excluding hydrogens is 236 g/mol. The van der Waals surface area contributed by atoms with Crippen molar-refractivity contribution in [3.63, 3.8) is 0 Å². The summed E-state index contributed by atoms with van der Waals surface area (Å²) >= 11 is 0. The summed E-state index contributed by atoms with van der Waals surface area (Å²) in [5.74, 6) is -0.585. The Hall–Kier alpha value is -2.11. The fraction of sp³-hybridized carbons (Fsp3) is 0.417. The van der Waals surface area contributed by atoms with Gasteiger partial charge in [0.15, 0.2) is 0 Å². The Morgan fingerprint density at radius 3 is 2.61 bits per heavy atom. The fourth-order valence-corrected chi connectivity index (χ4v) is 1.70. The summed E-state index contributed by atoms with van der Waals surface area (Å²) in [7, 11) is 0. The van der Waals surface area contributed by atoms with Crippen LogP contribution < -0.4 is 0 Å². The van der Waals surface area contributed by atoms with Gasteiger partial charge in [-0.25, -0.2) is 0 Å². The zero-order valence-electron chi connectivity index (χ0n) is 10.4. The normalized spacial score (nSPS) is 10.1. The minimum absolute atomic E-state index is 0.0738. The summed E-state index contributed by atoms with van der Waals surface area (Å²) in [5.41, 5.74) is -0.359. The first kappa shape index (κ1) is 14.0. The highest BCUT2D eigenvalue weighted by Gasteiger charge is 2.24. The lowest BCUT2D eigenvalue weighted by Crippen LogP contribution is -2.31. The van der Waals surface area contributed by atoms with E-state index in [9.17, 15) is 20.0 Å². The third kappa shape index (κ3) is 2.97. The van der Waals surface area contributed by atoms with Crippen molar-refractivity contribution in [2.24, 2.45) is 0 Å². The van der Waals surface area contributed by atoms with Crippen molar-refractivity contribution in [1.82, 2.24) is 4.90 Å². The van der Waals surface area contributed by atoms with Crippen LogP contribution in [0.5, 0.6) is 5.75 Å². The Labute approximate surface area is 105 Å². The minimum Gasteiger partial charge on any atom is -0.508 e. The highest BCUT2D eigenvalue weighted by molar-refractivity contribution is 5.98. The monoisotopic (exact) mass is 252 g/mol. The first-order valence-corrected chi connectivity index (χ1v) is 5.77. The average molecular weight is 252 g/mol. The molecular formula is C12H16N2O4. The lowest BCUT2D eigenvalue weighted by Gasteiger charge is -2.19. The van der Waals surface area contributed by atoms with Crippen LogP contribution in [0.2, 0.25) is 0 Å². The number of nitro groups is 1. The topological polar surface area (TPSA) is 83.7 Å². The van der Waals surface area contributed by atoms with E-state index in [4.69, 9.17) is 0 Å². The van der Waals surface area contributed by atoms with Crippen molar-refractivity contribution in [2.75, 3.05) is 13.1 Å². The summed E-state index contributed by atoms with van der Waals surface area (Å²) in [6.07, 6.45) is 0.770. The molecule has 0 spiro atoms. The van der Waals surface area contributed by atoms with Crippen molar-refractivity contribution in [3.05, 3.63) is 33.9 Å². The molecule has 0 saturated carbocycles. The van der Waals surface area contributed by atoms with E-state index in [1.54, 1.807) is 0 Å². The van der Waals surface area contributed by atoms with E-state index in [2.05, 4.69) is 0 Å². The molecule has 1 aromatic rings. The molecule has 0 atom stereocenters. The van der Waals surface area contributed by atoms with Gasteiger partial charge in [0, 0.05) is 19.2 Å². The van der Waals surface area contributed by atoms with Gasteiger partial charge >= 0.3 is 0 Å². The van der Waals surface area contributed by atoms with Crippen molar-refractivity contribution in [1.29, 1.82) is 0 Å². The van der Waals surface area contributed by atoms with Crippen LogP contribution >= 0.6 is 0 Å². The number of carbonyl (C=O) groups excluding carboxylic acids is 1. The second-order valence-electron chi connectivity index (χ2n) is 3.84. The first-order chi connectivity index (χ1) is 8.51. The second-order valence-corrected chi connectivity index (χ2v) is 3.84. The molecule has 98 valence electrons. The van der Waals surface area contributed by atoms with Gasteiger partial charge in [-0.15, -0.1) is 0 Å². The van der Waals surface area contributed by atoms with Crippen molar-refractivity contribution < 1.29 is 14.8 Å². The van der Waals surface area contributed by atoms with Gasteiger partial charge in [0.1, 0.15) is 11.3 Å². The van der Waals surface area contributed by atoms with E-state index in [1.165, 1.54) is 11.0 Å². The molecule has 18 heavy (non-hydrogen) atoms. The fourth-order valence-electron chi connectivity index (χ4n) is 1.70. The van der Waals surface area contributed by atoms with E-state index < -0.39 is 10.8 Å². The van der Waals surface area contributed by atoms with Gasteiger partial charge in [-0.3, -0.25) is 14.9 Å². The van der Waals surface area contributed by atoms with Crippen LogP contribution in [0.4, 0.5) is 5.69 Å². The number of phenolic OH excluding ortho intramolecular Hbond substituents is 1. The SMILES string of the molecule is CCCN(CC)C(=O)c1cc(O)ccc1[N+](=O)[O-]. The van der Waals surface area contributed by atoms with Crippen LogP contribution in [0.25, 0.3) is 0 Å².